The summed E-state index contributed by atoms with van der Waals surface area (Å²) in [6.45, 7) is 3.32. The van der Waals surface area contributed by atoms with Gasteiger partial charge in [-0.15, -0.1) is 0 Å². The Morgan fingerprint density at radius 2 is 1.82 bits per heavy atom. The Kier molecular flexibility index (Phi) is 5.51. The Hall–Kier alpha value is -3.62. The summed E-state index contributed by atoms with van der Waals surface area (Å²) in [4.78, 5) is 11.4. The number of carboxylic acids is 1. The van der Waals surface area contributed by atoms with Crippen LogP contribution in [0, 0.1) is 19.7 Å². The van der Waals surface area contributed by atoms with E-state index in [4.69, 9.17) is 0 Å². The molecule has 2 aromatic heterocycles. The van der Waals surface area contributed by atoms with E-state index in [0.29, 0.717) is 28.6 Å². The molecule has 0 unspecified atom stereocenters. The van der Waals surface area contributed by atoms with Crippen molar-refractivity contribution in [3.05, 3.63) is 76.5 Å². The Morgan fingerprint density at radius 3 is 2.42 bits per heavy atom. The first-order chi connectivity index (χ1) is 15.5. The zero-order valence-corrected chi connectivity index (χ0v) is 18.2. The first-order valence-electron chi connectivity index (χ1n) is 10.2. The van der Waals surface area contributed by atoms with Crippen LogP contribution in [0.3, 0.4) is 0 Å². The number of fused-ring (bicyclic) bond motifs is 1. The Labute approximate surface area is 186 Å². The molecule has 0 radical (unpaired) electrons. The van der Waals surface area contributed by atoms with Gasteiger partial charge in [0.2, 0.25) is 0 Å². The largest absolute Gasteiger partial charge is 0.480 e. The molecular weight excluding hydrogens is 438 g/mol. The first-order valence-corrected chi connectivity index (χ1v) is 10.2. The number of aryl methyl sites for hydroxylation is 2. The average molecular weight is 459 g/mol. The molecule has 9 heteroatoms. The fourth-order valence-corrected chi connectivity index (χ4v) is 4.20. The van der Waals surface area contributed by atoms with Crippen LogP contribution in [0.5, 0.6) is 0 Å². The van der Waals surface area contributed by atoms with Crippen LogP contribution in [-0.2, 0) is 31.0 Å². The number of hydrogen-bond donors (Lipinski definition) is 1. The number of alkyl halides is 3. The zero-order chi connectivity index (χ0) is 24.1. The monoisotopic (exact) mass is 459 g/mol. The van der Waals surface area contributed by atoms with E-state index in [1.807, 2.05) is 13.8 Å². The molecule has 0 saturated carbocycles. The maximum Gasteiger partial charge on any atom is 0.416 e. The lowest BCUT2D eigenvalue weighted by Gasteiger charge is -2.11. The molecule has 2 aromatic carbocycles. The van der Waals surface area contributed by atoms with Crippen molar-refractivity contribution in [3.8, 4) is 11.1 Å². The van der Waals surface area contributed by atoms with E-state index in [1.165, 1.54) is 35.0 Å². The van der Waals surface area contributed by atoms with Crippen LogP contribution in [0.1, 0.15) is 28.1 Å². The normalized spacial score (nSPS) is 12.0. The van der Waals surface area contributed by atoms with E-state index in [-0.39, 0.29) is 5.39 Å². The van der Waals surface area contributed by atoms with E-state index in [2.05, 4.69) is 5.10 Å². The number of halogens is 4. The van der Waals surface area contributed by atoms with E-state index in [9.17, 15) is 27.5 Å². The Balaban J connectivity index is 1.95. The van der Waals surface area contributed by atoms with Crippen LogP contribution in [0.25, 0.3) is 22.0 Å². The van der Waals surface area contributed by atoms with Crippen molar-refractivity contribution in [2.24, 2.45) is 7.05 Å². The maximum absolute atomic E-state index is 14.2. The molecular formula is C24H21F4N3O2. The lowest BCUT2D eigenvalue weighted by molar-refractivity contribution is -0.138. The number of benzene rings is 2. The van der Waals surface area contributed by atoms with Crippen molar-refractivity contribution in [2.75, 3.05) is 0 Å². The summed E-state index contributed by atoms with van der Waals surface area (Å²) in [6, 6.07) is 7.33. The Morgan fingerprint density at radius 1 is 1.09 bits per heavy atom. The molecule has 0 spiro atoms. The molecule has 1 N–H and O–H groups in total. The minimum atomic E-state index is -4.56. The van der Waals surface area contributed by atoms with Crippen LogP contribution < -0.4 is 0 Å². The van der Waals surface area contributed by atoms with Crippen molar-refractivity contribution >= 4 is 16.9 Å². The second-order valence-electron chi connectivity index (χ2n) is 8.05. The summed E-state index contributed by atoms with van der Waals surface area (Å²) in [5, 5.41) is 13.9. The SMILES string of the molecule is Cc1nn(C)c(C)c1Cc1cc(F)ccc1-c1cn(CC(=O)O)c2ccc(C(F)(F)F)cc12. The van der Waals surface area contributed by atoms with Gasteiger partial charge in [0.25, 0.3) is 0 Å². The molecule has 5 nitrogen and oxygen atoms in total. The Bertz CT molecular complexity index is 1380. The van der Waals surface area contributed by atoms with Gasteiger partial charge in [0.1, 0.15) is 12.4 Å². The third-order valence-electron chi connectivity index (χ3n) is 5.90. The topological polar surface area (TPSA) is 60.0 Å². The number of carbonyl (C=O) groups is 1. The van der Waals surface area contributed by atoms with Gasteiger partial charge >= 0.3 is 12.1 Å². The number of nitrogens with zero attached hydrogens (tertiary/aromatic N) is 3. The van der Waals surface area contributed by atoms with E-state index >= 15 is 0 Å². The molecule has 0 fully saturated rings. The van der Waals surface area contributed by atoms with E-state index < -0.39 is 30.1 Å². The molecule has 0 amide bonds. The number of aliphatic carboxylic acids is 1. The minimum absolute atomic E-state index is 0.249. The van der Waals surface area contributed by atoms with Crippen molar-refractivity contribution in [1.82, 2.24) is 14.3 Å². The van der Waals surface area contributed by atoms with E-state index in [1.54, 1.807) is 11.7 Å². The molecule has 0 bridgehead atoms. The van der Waals surface area contributed by atoms with Gasteiger partial charge in [-0.05, 0) is 55.3 Å². The smallest absolute Gasteiger partial charge is 0.416 e. The highest BCUT2D eigenvalue weighted by Gasteiger charge is 2.31. The standard InChI is InChI=1S/C24H21F4N3O2/c1-13-19(14(2)30(3)29-13)9-15-8-17(25)5-6-18(15)21-11-31(12-23(32)33)22-7-4-16(10-20(21)22)24(26,27)28/h4-8,10-11H,9,12H2,1-3H3,(H,32,33). The molecule has 0 atom stereocenters. The van der Waals surface area contributed by atoms with E-state index in [0.717, 1.165) is 29.1 Å². The lowest BCUT2D eigenvalue weighted by atomic mass is 9.93. The molecule has 4 rings (SSSR count). The quantitative estimate of drug-likeness (QED) is 0.402. The summed E-state index contributed by atoms with van der Waals surface area (Å²) >= 11 is 0. The van der Waals surface area contributed by atoms with Gasteiger partial charge < -0.3 is 9.67 Å². The molecule has 2 heterocycles. The van der Waals surface area contributed by atoms with Crippen LogP contribution in [0.15, 0.2) is 42.6 Å². The van der Waals surface area contributed by atoms with Crippen molar-refractivity contribution in [2.45, 2.75) is 33.0 Å². The van der Waals surface area contributed by atoms with Gasteiger partial charge in [0.15, 0.2) is 0 Å². The molecule has 0 saturated heterocycles. The highest BCUT2D eigenvalue weighted by molar-refractivity contribution is 5.98. The third kappa shape index (κ3) is 4.22. The van der Waals surface area contributed by atoms with Crippen molar-refractivity contribution in [3.63, 3.8) is 0 Å². The summed E-state index contributed by atoms with van der Waals surface area (Å²) < 4.78 is 57.6. The number of aromatic nitrogens is 3. The van der Waals surface area contributed by atoms with Gasteiger partial charge in [-0.2, -0.15) is 18.3 Å². The lowest BCUT2D eigenvalue weighted by Crippen LogP contribution is -2.08. The van der Waals surface area contributed by atoms with Crippen molar-refractivity contribution < 1.29 is 27.5 Å². The molecule has 4 aromatic rings. The van der Waals surface area contributed by atoms with Crippen LogP contribution in [0.2, 0.25) is 0 Å². The van der Waals surface area contributed by atoms with Crippen LogP contribution >= 0.6 is 0 Å². The molecule has 0 aliphatic heterocycles. The van der Waals surface area contributed by atoms with Crippen LogP contribution in [-0.4, -0.2) is 25.4 Å². The summed E-state index contributed by atoms with van der Waals surface area (Å²) in [5.41, 5.74) is 3.60. The first kappa shape index (κ1) is 22.6. The average Bonchev–Trinajstić information content (AvgIpc) is 3.18. The second kappa shape index (κ2) is 8.06. The van der Waals surface area contributed by atoms with Crippen LogP contribution in [0.4, 0.5) is 17.6 Å². The molecule has 0 aliphatic rings. The summed E-state index contributed by atoms with van der Waals surface area (Å²) in [5.74, 6) is -1.60. The van der Waals surface area contributed by atoms with Gasteiger partial charge in [0.05, 0.1) is 11.3 Å². The second-order valence-corrected chi connectivity index (χ2v) is 8.05. The fourth-order valence-electron chi connectivity index (χ4n) is 4.20. The predicted molar refractivity (Wildman–Crippen MR) is 115 cm³/mol. The van der Waals surface area contributed by atoms with Gasteiger partial charge in [-0.25, -0.2) is 4.39 Å². The van der Waals surface area contributed by atoms with Gasteiger partial charge in [-0.1, -0.05) is 6.07 Å². The highest BCUT2D eigenvalue weighted by Crippen LogP contribution is 2.38. The number of hydrogen-bond acceptors (Lipinski definition) is 2. The van der Waals surface area contributed by atoms with Gasteiger partial charge in [-0.3, -0.25) is 9.48 Å². The summed E-state index contributed by atoms with van der Waals surface area (Å²) in [6.07, 6.45) is -2.72. The molecule has 0 aliphatic carbocycles. The summed E-state index contributed by atoms with van der Waals surface area (Å²) in [7, 11) is 1.80. The third-order valence-corrected chi connectivity index (χ3v) is 5.90. The maximum atomic E-state index is 14.2. The molecule has 172 valence electrons. The predicted octanol–water partition coefficient (Wildman–Crippen LogP) is 5.49. The molecule has 33 heavy (non-hydrogen) atoms. The number of rotatable bonds is 5. The van der Waals surface area contributed by atoms with Crippen molar-refractivity contribution in [1.29, 1.82) is 0 Å². The minimum Gasteiger partial charge on any atom is -0.480 e. The fraction of sp³-hybridized carbons (Fsp3) is 0.250. The number of carboxylic acid groups (broad SMARTS) is 1. The van der Waals surface area contributed by atoms with Gasteiger partial charge in [0, 0.05) is 47.4 Å². The highest BCUT2D eigenvalue weighted by atomic mass is 19.4. The zero-order valence-electron chi connectivity index (χ0n) is 18.2.